The summed E-state index contributed by atoms with van der Waals surface area (Å²) in [6.07, 6.45) is 0.724. The van der Waals surface area contributed by atoms with Crippen LogP contribution in [0, 0.1) is 6.92 Å². The van der Waals surface area contributed by atoms with Crippen molar-refractivity contribution in [3.05, 3.63) is 47.4 Å². The summed E-state index contributed by atoms with van der Waals surface area (Å²) in [6.45, 7) is 2.62. The molecule has 1 aliphatic heterocycles. The zero-order chi connectivity index (χ0) is 13.9. The van der Waals surface area contributed by atoms with E-state index in [4.69, 9.17) is 13.9 Å². The molecule has 1 aliphatic rings. The van der Waals surface area contributed by atoms with Gasteiger partial charge in [-0.2, -0.15) is 0 Å². The number of amides is 1. The first-order valence-electron chi connectivity index (χ1n) is 6.45. The maximum Gasteiger partial charge on any atom is 0.287 e. The van der Waals surface area contributed by atoms with Crippen LogP contribution < -0.4 is 14.8 Å². The molecule has 1 aromatic heterocycles. The van der Waals surface area contributed by atoms with Gasteiger partial charge < -0.3 is 19.2 Å². The van der Waals surface area contributed by atoms with E-state index < -0.39 is 0 Å². The molecule has 0 unspecified atom stereocenters. The van der Waals surface area contributed by atoms with Crippen LogP contribution in [0.1, 0.15) is 21.9 Å². The summed E-state index contributed by atoms with van der Waals surface area (Å²) < 4.78 is 15.8. The lowest BCUT2D eigenvalue weighted by atomic mass is 10.1. The summed E-state index contributed by atoms with van der Waals surface area (Å²) in [7, 11) is 0. The standard InChI is InChI=1S/C15H15NO4/c1-10-2-4-13(20-10)15(17)16-7-6-11-3-5-12-14(8-11)19-9-18-12/h2-5,8H,6-7,9H2,1H3,(H,16,17). The molecule has 2 aromatic rings. The Kier molecular flexibility index (Phi) is 3.33. The molecule has 0 bridgehead atoms. The van der Waals surface area contributed by atoms with E-state index in [1.165, 1.54) is 0 Å². The Hall–Kier alpha value is -2.43. The number of benzene rings is 1. The molecule has 0 saturated heterocycles. The Morgan fingerprint density at radius 2 is 2.05 bits per heavy atom. The second-order valence-electron chi connectivity index (χ2n) is 4.60. The van der Waals surface area contributed by atoms with Crippen molar-refractivity contribution in [2.75, 3.05) is 13.3 Å². The minimum atomic E-state index is -0.196. The number of aryl methyl sites for hydroxylation is 1. The molecule has 0 radical (unpaired) electrons. The number of furan rings is 1. The minimum absolute atomic E-state index is 0.196. The molecule has 5 heteroatoms. The highest BCUT2D eigenvalue weighted by atomic mass is 16.7. The van der Waals surface area contributed by atoms with Gasteiger partial charge in [-0.1, -0.05) is 6.07 Å². The molecule has 1 amide bonds. The van der Waals surface area contributed by atoms with Crippen LogP contribution in [0.3, 0.4) is 0 Å². The lowest BCUT2D eigenvalue weighted by Gasteiger charge is -2.04. The van der Waals surface area contributed by atoms with E-state index in [9.17, 15) is 4.79 Å². The van der Waals surface area contributed by atoms with Crippen LogP contribution >= 0.6 is 0 Å². The Morgan fingerprint density at radius 1 is 1.20 bits per heavy atom. The third-order valence-corrected chi connectivity index (χ3v) is 3.10. The minimum Gasteiger partial charge on any atom is -0.456 e. The first-order valence-corrected chi connectivity index (χ1v) is 6.45. The SMILES string of the molecule is Cc1ccc(C(=O)NCCc2ccc3c(c2)OCO3)o1. The average molecular weight is 273 g/mol. The maximum atomic E-state index is 11.8. The van der Waals surface area contributed by atoms with Gasteiger partial charge in [0.15, 0.2) is 17.3 Å². The van der Waals surface area contributed by atoms with E-state index in [2.05, 4.69) is 5.32 Å². The largest absolute Gasteiger partial charge is 0.456 e. The number of hydrogen-bond acceptors (Lipinski definition) is 4. The molecule has 0 atom stereocenters. The average Bonchev–Trinajstić information content (AvgIpc) is 3.06. The topological polar surface area (TPSA) is 60.7 Å². The van der Waals surface area contributed by atoms with Crippen LogP contribution in [-0.4, -0.2) is 19.2 Å². The number of rotatable bonds is 4. The van der Waals surface area contributed by atoms with Crippen molar-refractivity contribution in [2.45, 2.75) is 13.3 Å². The molecule has 1 N–H and O–H groups in total. The fourth-order valence-electron chi connectivity index (χ4n) is 2.06. The molecule has 5 nitrogen and oxygen atoms in total. The van der Waals surface area contributed by atoms with E-state index >= 15 is 0 Å². The number of carbonyl (C=O) groups is 1. The fourth-order valence-corrected chi connectivity index (χ4v) is 2.06. The highest BCUT2D eigenvalue weighted by Crippen LogP contribution is 2.32. The van der Waals surface area contributed by atoms with Crippen molar-refractivity contribution in [2.24, 2.45) is 0 Å². The molecular formula is C15H15NO4. The van der Waals surface area contributed by atoms with Crippen LogP contribution in [0.5, 0.6) is 11.5 Å². The summed E-state index contributed by atoms with van der Waals surface area (Å²) in [5.74, 6) is 2.40. The molecular weight excluding hydrogens is 258 g/mol. The molecule has 0 saturated carbocycles. The molecule has 0 aliphatic carbocycles. The van der Waals surface area contributed by atoms with E-state index in [-0.39, 0.29) is 12.7 Å². The maximum absolute atomic E-state index is 11.8. The monoisotopic (exact) mass is 273 g/mol. The van der Waals surface area contributed by atoms with Crippen molar-refractivity contribution in [3.63, 3.8) is 0 Å². The van der Waals surface area contributed by atoms with E-state index in [1.807, 2.05) is 25.1 Å². The lowest BCUT2D eigenvalue weighted by Crippen LogP contribution is -2.25. The number of fused-ring (bicyclic) bond motifs is 1. The Balaban J connectivity index is 1.54. The Labute approximate surface area is 116 Å². The van der Waals surface area contributed by atoms with Crippen molar-refractivity contribution >= 4 is 5.91 Å². The smallest absolute Gasteiger partial charge is 0.287 e. The molecule has 0 spiro atoms. The summed E-state index contributed by atoms with van der Waals surface area (Å²) in [6, 6.07) is 9.23. The summed E-state index contributed by atoms with van der Waals surface area (Å²) >= 11 is 0. The molecule has 0 fully saturated rings. The van der Waals surface area contributed by atoms with E-state index in [0.29, 0.717) is 12.3 Å². The van der Waals surface area contributed by atoms with Crippen molar-refractivity contribution in [3.8, 4) is 11.5 Å². The number of hydrogen-bond donors (Lipinski definition) is 1. The third-order valence-electron chi connectivity index (χ3n) is 3.10. The summed E-state index contributed by atoms with van der Waals surface area (Å²) in [5.41, 5.74) is 1.09. The predicted molar refractivity (Wildman–Crippen MR) is 72.0 cm³/mol. The second kappa shape index (κ2) is 5.28. The quantitative estimate of drug-likeness (QED) is 0.928. The van der Waals surface area contributed by atoms with Gasteiger partial charge in [-0.25, -0.2) is 0 Å². The van der Waals surface area contributed by atoms with Gasteiger partial charge in [0.05, 0.1) is 0 Å². The van der Waals surface area contributed by atoms with Crippen LogP contribution in [0.25, 0.3) is 0 Å². The predicted octanol–water partition coefficient (Wildman–Crippen LogP) is 2.29. The van der Waals surface area contributed by atoms with Gasteiger partial charge in [-0.15, -0.1) is 0 Å². The molecule has 2 heterocycles. The Bertz CT molecular complexity index is 633. The van der Waals surface area contributed by atoms with Gasteiger partial charge in [0.2, 0.25) is 6.79 Å². The highest BCUT2D eigenvalue weighted by Gasteiger charge is 2.13. The second-order valence-corrected chi connectivity index (χ2v) is 4.60. The molecule has 1 aromatic carbocycles. The van der Waals surface area contributed by atoms with Crippen molar-refractivity contribution in [1.82, 2.24) is 5.32 Å². The van der Waals surface area contributed by atoms with Gasteiger partial charge in [0, 0.05) is 6.54 Å². The fraction of sp³-hybridized carbons (Fsp3) is 0.267. The number of nitrogens with one attached hydrogen (secondary N) is 1. The van der Waals surface area contributed by atoms with Gasteiger partial charge in [-0.05, 0) is 43.2 Å². The van der Waals surface area contributed by atoms with Crippen LogP contribution in [-0.2, 0) is 6.42 Å². The van der Waals surface area contributed by atoms with Crippen LogP contribution in [0.4, 0.5) is 0 Å². The zero-order valence-corrected chi connectivity index (χ0v) is 11.1. The highest BCUT2D eigenvalue weighted by molar-refractivity contribution is 5.91. The summed E-state index contributed by atoms with van der Waals surface area (Å²) in [5, 5.41) is 2.82. The van der Waals surface area contributed by atoms with Crippen LogP contribution in [0.2, 0.25) is 0 Å². The molecule has 3 rings (SSSR count). The Morgan fingerprint density at radius 3 is 2.85 bits per heavy atom. The third kappa shape index (κ3) is 2.61. The first-order chi connectivity index (χ1) is 9.72. The number of ether oxygens (including phenoxy) is 2. The molecule has 104 valence electrons. The van der Waals surface area contributed by atoms with Crippen LogP contribution in [0.15, 0.2) is 34.7 Å². The first kappa shape index (κ1) is 12.6. The molecule has 20 heavy (non-hydrogen) atoms. The van der Waals surface area contributed by atoms with Gasteiger partial charge in [0.25, 0.3) is 5.91 Å². The van der Waals surface area contributed by atoms with Gasteiger partial charge >= 0.3 is 0 Å². The number of carbonyl (C=O) groups excluding carboxylic acids is 1. The van der Waals surface area contributed by atoms with E-state index in [1.54, 1.807) is 12.1 Å². The van der Waals surface area contributed by atoms with Gasteiger partial charge in [-0.3, -0.25) is 4.79 Å². The normalized spacial score (nSPS) is 12.4. The van der Waals surface area contributed by atoms with Crippen molar-refractivity contribution < 1.29 is 18.7 Å². The summed E-state index contributed by atoms with van der Waals surface area (Å²) in [4.78, 5) is 11.8. The lowest BCUT2D eigenvalue weighted by molar-refractivity contribution is 0.0925. The zero-order valence-electron chi connectivity index (χ0n) is 11.1. The van der Waals surface area contributed by atoms with E-state index in [0.717, 1.165) is 29.2 Å². The van der Waals surface area contributed by atoms with Gasteiger partial charge in [0.1, 0.15) is 5.76 Å². The van der Waals surface area contributed by atoms with Crippen molar-refractivity contribution in [1.29, 1.82) is 0 Å².